The van der Waals surface area contributed by atoms with Gasteiger partial charge in [-0.05, 0) is 32.4 Å². The summed E-state index contributed by atoms with van der Waals surface area (Å²) in [7, 11) is 1.65. The van der Waals surface area contributed by atoms with Gasteiger partial charge in [0.1, 0.15) is 24.4 Å². The van der Waals surface area contributed by atoms with Crippen molar-refractivity contribution in [1.29, 1.82) is 0 Å². The van der Waals surface area contributed by atoms with Crippen LogP contribution in [0.3, 0.4) is 0 Å². The number of methoxy groups -OCH3 is 1. The van der Waals surface area contributed by atoms with E-state index in [2.05, 4.69) is 39.5 Å². The number of hydrogen-bond acceptors (Lipinski definition) is 6. The molecule has 1 atom stereocenters. The number of benzene rings is 1. The van der Waals surface area contributed by atoms with Gasteiger partial charge >= 0.3 is 0 Å². The maximum Gasteiger partial charge on any atom is 0.226 e. The summed E-state index contributed by atoms with van der Waals surface area (Å²) in [6.45, 7) is 6.50. The smallest absolute Gasteiger partial charge is 0.226 e. The lowest BCUT2D eigenvalue weighted by Crippen LogP contribution is -2.47. The number of guanidine groups is 1. The first-order valence-corrected chi connectivity index (χ1v) is 10.6. The van der Waals surface area contributed by atoms with Gasteiger partial charge in [-0.25, -0.2) is 19.6 Å². The molecule has 0 radical (unpaired) electrons. The highest BCUT2D eigenvalue weighted by atomic mass is 16.5. The Morgan fingerprint density at radius 3 is 2.90 bits per heavy atom. The summed E-state index contributed by atoms with van der Waals surface area (Å²) >= 11 is 0. The highest BCUT2D eigenvalue weighted by molar-refractivity contribution is 5.80. The molecular weight excluding hydrogens is 394 g/mol. The highest BCUT2D eigenvalue weighted by Gasteiger charge is 2.22. The van der Waals surface area contributed by atoms with E-state index in [9.17, 15) is 0 Å². The maximum absolute atomic E-state index is 5.64. The summed E-state index contributed by atoms with van der Waals surface area (Å²) in [5.74, 6) is 3.11. The summed E-state index contributed by atoms with van der Waals surface area (Å²) in [6.07, 6.45) is 3.51. The minimum Gasteiger partial charge on any atom is -0.444 e. The molecule has 3 heterocycles. The molecular formula is C22H29N7O2. The molecule has 164 valence electrons. The third-order valence-corrected chi connectivity index (χ3v) is 5.11. The Hall–Kier alpha value is -3.20. The molecule has 9 nitrogen and oxygen atoms in total. The Labute approximate surface area is 182 Å². The third-order valence-electron chi connectivity index (χ3n) is 5.11. The van der Waals surface area contributed by atoms with Crippen molar-refractivity contribution in [3.8, 4) is 11.5 Å². The second kappa shape index (κ2) is 9.74. The van der Waals surface area contributed by atoms with Crippen LogP contribution >= 0.6 is 0 Å². The number of hydrogen-bond donors (Lipinski definition) is 2. The Morgan fingerprint density at radius 1 is 1.29 bits per heavy atom. The van der Waals surface area contributed by atoms with Crippen molar-refractivity contribution >= 4 is 5.96 Å². The number of fused-ring (bicyclic) bond motifs is 1. The van der Waals surface area contributed by atoms with E-state index >= 15 is 0 Å². The quantitative estimate of drug-likeness (QED) is 0.444. The van der Waals surface area contributed by atoms with Crippen LogP contribution in [0.2, 0.25) is 0 Å². The number of nitrogens with zero attached hydrogens (tertiary/aromatic N) is 5. The van der Waals surface area contributed by atoms with Crippen LogP contribution in [-0.4, -0.2) is 45.4 Å². The molecule has 1 unspecified atom stereocenters. The monoisotopic (exact) mass is 423 g/mol. The summed E-state index contributed by atoms with van der Waals surface area (Å²) in [5.41, 5.74) is 2.96. The molecule has 0 bridgehead atoms. The molecule has 0 fully saturated rings. The van der Waals surface area contributed by atoms with Gasteiger partial charge in [0.15, 0.2) is 11.8 Å². The van der Waals surface area contributed by atoms with Crippen molar-refractivity contribution in [3.05, 3.63) is 53.4 Å². The van der Waals surface area contributed by atoms with Gasteiger partial charge in [-0.2, -0.15) is 5.10 Å². The molecule has 1 aliphatic heterocycles. The normalized spacial score (nSPS) is 16.2. The topological polar surface area (TPSA) is 102 Å². The predicted molar refractivity (Wildman–Crippen MR) is 117 cm³/mol. The Bertz CT molecular complexity index is 1020. The molecule has 1 aliphatic rings. The van der Waals surface area contributed by atoms with Crippen LogP contribution in [0.5, 0.6) is 0 Å². The van der Waals surface area contributed by atoms with Crippen molar-refractivity contribution in [2.45, 2.75) is 52.4 Å². The molecule has 0 spiro atoms. The highest BCUT2D eigenvalue weighted by Crippen LogP contribution is 2.19. The first-order valence-electron chi connectivity index (χ1n) is 10.6. The summed E-state index contributed by atoms with van der Waals surface area (Å²) in [5, 5.41) is 11.4. The number of ether oxygens (including phenoxy) is 1. The zero-order valence-electron chi connectivity index (χ0n) is 18.3. The number of aryl methyl sites for hydroxylation is 2. The molecule has 0 aliphatic carbocycles. The lowest BCUT2D eigenvalue weighted by Gasteiger charge is -2.25. The first kappa shape index (κ1) is 21.0. The van der Waals surface area contributed by atoms with Crippen molar-refractivity contribution < 1.29 is 9.15 Å². The number of aromatic nitrogens is 4. The molecule has 31 heavy (non-hydrogen) atoms. The fraction of sp³-hybridized carbons (Fsp3) is 0.455. The average Bonchev–Trinajstić information content (AvgIpc) is 3.39. The van der Waals surface area contributed by atoms with Gasteiger partial charge in [0, 0.05) is 31.7 Å². The molecule has 0 amide bonds. The van der Waals surface area contributed by atoms with E-state index in [4.69, 9.17) is 14.1 Å². The third kappa shape index (κ3) is 5.29. The maximum atomic E-state index is 5.64. The van der Waals surface area contributed by atoms with Crippen LogP contribution in [0.25, 0.3) is 11.5 Å². The Kier molecular flexibility index (Phi) is 6.61. The molecule has 4 rings (SSSR count). The summed E-state index contributed by atoms with van der Waals surface area (Å²) < 4.78 is 12.7. The number of aliphatic imine (C=N–C) groups is 1. The molecule has 2 aromatic heterocycles. The number of nitrogens with one attached hydrogen (secondary N) is 2. The SMILES string of the molecule is CCNC(=NCc1coc(-c2ccc(C)cc2)n1)NC1CCc2nc(COC)nn2C1. The van der Waals surface area contributed by atoms with E-state index in [0.717, 1.165) is 54.8 Å². The molecule has 0 saturated carbocycles. The van der Waals surface area contributed by atoms with Crippen molar-refractivity contribution in [2.24, 2.45) is 4.99 Å². The van der Waals surface area contributed by atoms with Crippen LogP contribution in [0.1, 0.15) is 36.3 Å². The van der Waals surface area contributed by atoms with Gasteiger partial charge in [-0.3, -0.25) is 0 Å². The van der Waals surface area contributed by atoms with E-state index in [1.807, 2.05) is 28.9 Å². The molecule has 9 heteroatoms. The Balaban J connectivity index is 1.39. The van der Waals surface area contributed by atoms with Gasteiger partial charge in [0.2, 0.25) is 5.89 Å². The van der Waals surface area contributed by atoms with Crippen LogP contribution in [-0.2, 0) is 30.9 Å². The second-order valence-corrected chi connectivity index (χ2v) is 7.64. The predicted octanol–water partition coefficient (Wildman–Crippen LogP) is 2.46. The van der Waals surface area contributed by atoms with Gasteiger partial charge in [-0.1, -0.05) is 17.7 Å². The minimum absolute atomic E-state index is 0.225. The molecule has 0 saturated heterocycles. The summed E-state index contributed by atoms with van der Waals surface area (Å²) in [6, 6.07) is 8.35. The van der Waals surface area contributed by atoms with E-state index < -0.39 is 0 Å². The minimum atomic E-state index is 0.225. The molecule has 3 aromatic rings. The van der Waals surface area contributed by atoms with E-state index in [1.54, 1.807) is 13.4 Å². The van der Waals surface area contributed by atoms with Crippen molar-refractivity contribution in [3.63, 3.8) is 0 Å². The van der Waals surface area contributed by atoms with Gasteiger partial charge in [0.25, 0.3) is 0 Å². The zero-order valence-corrected chi connectivity index (χ0v) is 18.3. The molecule has 2 N–H and O–H groups in total. The fourth-order valence-corrected chi connectivity index (χ4v) is 3.55. The van der Waals surface area contributed by atoms with Gasteiger partial charge in [-0.15, -0.1) is 0 Å². The largest absolute Gasteiger partial charge is 0.444 e. The second-order valence-electron chi connectivity index (χ2n) is 7.64. The lowest BCUT2D eigenvalue weighted by atomic mass is 10.1. The Morgan fingerprint density at radius 2 is 2.13 bits per heavy atom. The van der Waals surface area contributed by atoms with Crippen LogP contribution in [0, 0.1) is 6.92 Å². The van der Waals surface area contributed by atoms with Gasteiger partial charge in [0.05, 0.1) is 13.1 Å². The van der Waals surface area contributed by atoms with Crippen LogP contribution in [0.4, 0.5) is 0 Å². The van der Waals surface area contributed by atoms with Crippen molar-refractivity contribution in [2.75, 3.05) is 13.7 Å². The lowest BCUT2D eigenvalue weighted by molar-refractivity contribution is 0.177. The summed E-state index contributed by atoms with van der Waals surface area (Å²) in [4.78, 5) is 13.8. The zero-order chi connectivity index (χ0) is 21.6. The van der Waals surface area contributed by atoms with Crippen LogP contribution < -0.4 is 10.6 Å². The standard InChI is InChI=1S/C22H29N7O2/c1-4-23-22(26-17-9-10-20-27-19(14-30-3)28-29(20)12-17)24-11-18-13-31-21(25-18)16-7-5-15(2)6-8-16/h5-8,13,17H,4,9-12,14H2,1-3H3,(H2,23,24,26). The average molecular weight is 424 g/mol. The van der Waals surface area contributed by atoms with Gasteiger partial charge < -0.3 is 19.8 Å². The van der Waals surface area contributed by atoms with E-state index in [1.165, 1.54) is 5.56 Å². The first-order chi connectivity index (χ1) is 15.1. The number of rotatable bonds is 7. The number of oxazole rings is 1. The van der Waals surface area contributed by atoms with E-state index in [-0.39, 0.29) is 6.04 Å². The fourth-order valence-electron chi connectivity index (χ4n) is 3.55. The van der Waals surface area contributed by atoms with E-state index in [0.29, 0.717) is 19.0 Å². The van der Waals surface area contributed by atoms with Crippen LogP contribution in [0.15, 0.2) is 39.9 Å². The van der Waals surface area contributed by atoms with Crippen molar-refractivity contribution in [1.82, 2.24) is 30.4 Å². The molecule has 1 aromatic carbocycles.